The van der Waals surface area contributed by atoms with E-state index in [2.05, 4.69) is 19.9 Å². The van der Waals surface area contributed by atoms with Crippen molar-refractivity contribution >= 4 is 5.97 Å². The first-order valence-electron chi connectivity index (χ1n) is 12.4. The van der Waals surface area contributed by atoms with Crippen LogP contribution in [0.25, 0.3) is 0 Å². The lowest BCUT2D eigenvalue weighted by Crippen LogP contribution is -2.34. The molecule has 0 saturated carbocycles. The molecule has 0 aliphatic rings. The second-order valence-electron chi connectivity index (χ2n) is 8.99. The van der Waals surface area contributed by atoms with Crippen LogP contribution in [0.2, 0.25) is 0 Å². The van der Waals surface area contributed by atoms with Crippen LogP contribution in [0.15, 0.2) is 36.4 Å². The smallest absolute Gasteiger partial charge is 0.306 e. The van der Waals surface area contributed by atoms with Gasteiger partial charge in [0.25, 0.3) is 0 Å². The zero-order valence-corrected chi connectivity index (χ0v) is 22.3. The van der Waals surface area contributed by atoms with E-state index in [4.69, 9.17) is 18.9 Å². The number of benzene rings is 2. The van der Waals surface area contributed by atoms with Gasteiger partial charge in [-0.2, -0.15) is 5.26 Å². The monoisotopic (exact) mass is 497 g/mol. The predicted octanol–water partition coefficient (Wildman–Crippen LogP) is 6.03. The first kappa shape index (κ1) is 28.8. The minimum absolute atomic E-state index is 0.120. The Bertz CT molecular complexity index is 1040. The molecule has 0 aliphatic heterocycles. The van der Waals surface area contributed by atoms with Gasteiger partial charge < -0.3 is 24.1 Å². The van der Waals surface area contributed by atoms with Crippen molar-refractivity contribution in [3.8, 4) is 29.1 Å². The first-order valence-corrected chi connectivity index (χ1v) is 12.4. The van der Waals surface area contributed by atoms with E-state index in [1.807, 2.05) is 30.3 Å². The molecule has 196 valence electrons. The lowest BCUT2D eigenvalue weighted by Gasteiger charge is -2.35. The summed E-state index contributed by atoms with van der Waals surface area (Å²) >= 11 is 0. The summed E-state index contributed by atoms with van der Waals surface area (Å²) < 4.78 is 21.5. The maximum atomic E-state index is 12.1. The topological polar surface area (TPSA) is 98.0 Å². The SMILES string of the molecule is CCC(CC)C(C#N)(CCCC(Cc1ccc(OC)c(OC)c1)C(=O)O)c1ccc(OC)c(OC)c1. The van der Waals surface area contributed by atoms with E-state index in [1.54, 1.807) is 34.5 Å². The zero-order valence-electron chi connectivity index (χ0n) is 22.3. The third kappa shape index (κ3) is 6.42. The van der Waals surface area contributed by atoms with Gasteiger partial charge in [-0.25, -0.2) is 0 Å². The van der Waals surface area contributed by atoms with Crippen LogP contribution >= 0.6 is 0 Å². The van der Waals surface area contributed by atoms with Gasteiger partial charge in [-0.05, 0) is 60.6 Å². The minimum Gasteiger partial charge on any atom is -0.493 e. The van der Waals surface area contributed by atoms with Crippen LogP contribution in [0.5, 0.6) is 23.0 Å². The van der Waals surface area contributed by atoms with Crippen LogP contribution in [-0.4, -0.2) is 39.5 Å². The van der Waals surface area contributed by atoms with Crippen molar-refractivity contribution in [2.24, 2.45) is 11.8 Å². The molecule has 7 heteroatoms. The van der Waals surface area contributed by atoms with E-state index >= 15 is 0 Å². The number of ether oxygens (including phenoxy) is 4. The number of carboxylic acid groups (broad SMARTS) is 1. The maximum absolute atomic E-state index is 12.1. The van der Waals surface area contributed by atoms with Gasteiger partial charge in [-0.1, -0.05) is 45.2 Å². The van der Waals surface area contributed by atoms with Gasteiger partial charge in [-0.15, -0.1) is 0 Å². The van der Waals surface area contributed by atoms with Gasteiger partial charge in [0.2, 0.25) is 0 Å². The van der Waals surface area contributed by atoms with Gasteiger partial charge in [-0.3, -0.25) is 4.79 Å². The van der Waals surface area contributed by atoms with Gasteiger partial charge >= 0.3 is 5.97 Å². The van der Waals surface area contributed by atoms with Crippen LogP contribution in [0.3, 0.4) is 0 Å². The van der Waals surface area contributed by atoms with Crippen molar-refractivity contribution in [3.05, 3.63) is 47.5 Å². The summed E-state index contributed by atoms with van der Waals surface area (Å²) in [5.41, 5.74) is 0.990. The normalized spacial score (nSPS) is 13.4. The van der Waals surface area contributed by atoms with E-state index in [9.17, 15) is 15.2 Å². The summed E-state index contributed by atoms with van der Waals surface area (Å²) in [7, 11) is 6.29. The number of carbonyl (C=O) groups is 1. The number of methoxy groups -OCH3 is 4. The number of hydrogen-bond acceptors (Lipinski definition) is 6. The molecule has 0 saturated heterocycles. The van der Waals surface area contributed by atoms with Gasteiger partial charge in [0.1, 0.15) is 0 Å². The summed E-state index contributed by atoms with van der Waals surface area (Å²) in [5.74, 6) is 1.06. The number of aliphatic carboxylic acids is 1. The van der Waals surface area contributed by atoms with Gasteiger partial charge in [0, 0.05) is 0 Å². The summed E-state index contributed by atoms with van der Waals surface area (Å²) in [6.45, 7) is 4.19. The van der Waals surface area contributed by atoms with Crippen molar-refractivity contribution in [1.82, 2.24) is 0 Å². The molecule has 2 atom stereocenters. The van der Waals surface area contributed by atoms with E-state index < -0.39 is 17.3 Å². The standard InChI is InChI=1S/C29H39NO6/c1-7-22(8-2)29(19-30,23-12-14-25(34-4)27(18-23)36-6)15-9-10-21(28(31)32)16-20-11-13-24(33-3)26(17-20)35-5/h11-14,17-18,21-22H,7-10,15-16H2,1-6H3,(H,31,32). The zero-order chi connectivity index (χ0) is 26.7. The Morgan fingerprint density at radius 3 is 1.97 bits per heavy atom. The van der Waals surface area contributed by atoms with Crippen molar-refractivity contribution in [2.75, 3.05) is 28.4 Å². The second-order valence-corrected chi connectivity index (χ2v) is 8.99. The number of hydrogen-bond donors (Lipinski definition) is 1. The fourth-order valence-electron chi connectivity index (χ4n) is 5.13. The summed E-state index contributed by atoms with van der Waals surface area (Å²) in [5, 5.41) is 20.4. The van der Waals surface area contributed by atoms with Crippen LogP contribution in [-0.2, 0) is 16.6 Å². The molecule has 0 bridgehead atoms. The van der Waals surface area contributed by atoms with E-state index in [-0.39, 0.29) is 5.92 Å². The van der Waals surface area contributed by atoms with Crippen LogP contribution in [0.1, 0.15) is 57.1 Å². The fourth-order valence-corrected chi connectivity index (χ4v) is 5.13. The van der Waals surface area contributed by atoms with Gasteiger partial charge in [0.05, 0.1) is 45.8 Å². The Morgan fingerprint density at radius 2 is 1.47 bits per heavy atom. The molecule has 0 amide bonds. The van der Waals surface area contributed by atoms with Crippen LogP contribution in [0.4, 0.5) is 0 Å². The van der Waals surface area contributed by atoms with Gasteiger partial charge in [0.15, 0.2) is 23.0 Å². The molecule has 2 rings (SSSR count). The first-order chi connectivity index (χ1) is 17.3. The highest BCUT2D eigenvalue weighted by Gasteiger charge is 2.39. The van der Waals surface area contributed by atoms with E-state index in [0.29, 0.717) is 48.7 Å². The predicted molar refractivity (Wildman–Crippen MR) is 139 cm³/mol. The highest BCUT2D eigenvalue weighted by atomic mass is 16.5. The minimum atomic E-state index is -0.846. The molecule has 0 aliphatic carbocycles. The molecule has 2 unspecified atom stereocenters. The molecule has 1 N–H and O–H groups in total. The van der Waals surface area contributed by atoms with Crippen LogP contribution < -0.4 is 18.9 Å². The third-order valence-corrected chi connectivity index (χ3v) is 7.18. The quantitative estimate of drug-likeness (QED) is 0.321. The van der Waals surface area contributed by atoms with Crippen molar-refractivity contribution in [3.63, 3.8) is 0 Å². The Morgan fingerprint density at radius 1 is 0.917 bits per heavy atom. The summed E-state index contributed by atoms with van der Waals surface area (Å²) in [6, 6.07) is 13.8. The molecule has 2 aromatic rings. The molecule has 36 heavy (non-hydrogen) atoms. The number of nitrogens with zero attached hydrogens (tertiary/aromatic N) is 1. The molecule has 0 radical (unpaired) electrons. The molecule has 0 fully saturated rings. The molecule has 0 spiro atoms. The highest BCUT2D eigenvalue weighted by Crippen LogP contribution is 2.43. The van der Waals surface area contributed by atoms with E-state index in [1.165, 1.54) is 0 Å². The Balaban J connectivity index is 2.30. The molecule has 0 aromatic heterocycles. The molecular formula is C29H39NO6. The Hall–Kier alpha value is -3.40. The number of rotatable bonds is 15. The number of nitriles is 1. The lowest BCUT2D eigenvalue weighted by molar-refractivity contribution is -0.142. The molecular weight excluding hydrogens is 458 g/mol. The summed E-state index contributed by atoms with van der Waals surface area (Å²) in [6.07, 6.45) is 3.67. The van der Waals surface area contributed by atoms with Crippen molar-refractivity contribution in [2.45, 2.75) is 57.8 Å². The lowest BCUT2D eigenvalue weighted by atomic mass is 9.66. The number of carboxylic acids is 1. The van der Waals surface area contributed by atoms with Crippen LogP contribution in [0, 0.1) is 23.2 Å². The Kier molecular flexibility index (Phi) is 10.9. The molecule has 0 heterocycles. The average molecular weight is 498 g/mol. The average Bonchev–Trinajstić information content (AvgIpc) is 2.91. The largest absolute Gasteiger partial charge is 0.493 e. The molecule has 7 nitrogen and oxygen atoms in total. The second kappa shape index (κ2) is 13.6. The fraction of sp³-hybridized carbons (Fsp3) is 0.517. The molecule has 2 aromatic carbocycles. The third-order valence-electron chi connectivity index (χ3n) is 7.18. The van der Waals surface area contributed by atoms with E-state index in [0.717, 1.165) is 24.0 Å². The summed E-state index contributed by atoms with van der Waals surface area (Å²) in [4.78, 5) is 12.1. The highest BCUT2D eigenvalue weighted by molar-refractivity contribution is 5.70. The van der Waals surface area contributed by atoms with Crippen molar-refractivity contribution < 1.29 is 28.8 Å². The maximum Gasteiger partial charge on any atom is 0.306 e. The van der Waals surface area contributed by atoms with Crippen molar-refractivity contribution in [1.29, 1.82) is 5.26 Å². The Labute approximate surface area is 214 Å².